The summed E-state index contributed by atoms with van der Waals surface area (Å²) in [4.78, 5) is 24.7. The number of carbonyl (C=O) groups is 1. The zero-order valence-corrected chi connectivity index (χ0v) is 14.5. The highest BCUT2D eigenvalue weighted by Gasteiger charge is 2.27. The van der Waals surface area contributed by atoms with Crippen LogP contribution in [0.5, 0.6) is 5.88 Å². The van der Waals surface area contributed by atoms with Gasteiger partial charge in [0, 0.05) is 50.8 Å². The molecule has 0 aromatic carbocycles. The summed E-state index contributed by atoms with van der Waals surface area (Å²) < 4.78 is 5.46. The molecule has 1 aliphatic rings. The van der Waals surface area contributed by atoms with Crippen LogP contribution in [0.2, 0.25) is 0 Å². The van der Waals surface area contributed by atoms with Gasteiger partial charge in [0.05, 0.1) is 0 Å². The fourth-order valence-corrected chi connectivity index (χ4v) is 3.18. The molecule has 6 heteroatoms. The number of hydrogen-bond acceptors (Lipinski definition) is 5. The van der Waals surface area contributed by atoms with E-state index in [4.69, 9.17) is 4.74 Å². The van der Waals surface area contributed by atoms with Gasteiger partial charge >= 0.3 is 0 Å². The van der Waals surface area contributed by atoms with Crippen LogP contribution in [0.25, 0.3) is 0 Å². The third kappa shape index (κ3) is 5.26. The lowest BCUT2D eigenvalue weighted by atomic mass is 10.1. The molecule has 1 atom stereocenters. The lowest BCUT2D eigenvalue weighted by Gasteiger charge is -2.21. The third-order valence-corrected chi connectivity index (χ3v) is 4.36. The van der Waals surface area contributed by atoms with Crippen molar-refractivity contribution in [2.75, 3.05) is 33.3 Å². The number of aromatic nitrogens is 2. The summed E-state index contributed by atoms with van der Waals surface area (Å²) >= 11 is 0. The Hall–Kier alpha value is -2.47. The number of hydrogen-bond donors (Lipinski definition) is 0. The topological polar surface area (TPSA) is 58.6 Å². The summed E-state index contributed by atoms with van der Waals surface area (Å²) in [6.07, 6.45) is 6.38. The molecule has 1 aliphatic heterocycles. The van der Waals surface area contributed by atoms with E-state index in [1.54, 1.807) is 18.5 Å². The molecule has 0 saturated carbocycles. The molecule has 1 fully saturated rings. The number of rotatable bonds is 7. The minimum Gasteiger partial charge on any atom is -0.468 e. The number of ether oxygens (including phenoxy) is 1. The monoisotopic (exact) mass is 340 g/mol. The van der Waals surface area contributed by atoms with Crippen LogP contribution in [-0.4, -0.2) is 59.0 Å². The van der Waals surface area contributed by atoms with Gasteiger partial charge in [-0.05, 0) is 37.1 Å². The summed E-state index contributed by atoms with van der Waals surface area (Å²) in [7, 11) is 2.11. The van der Waals surface area contributed by atoms with Gasteiger partial charge in [0.2, 0.25) is 5.88 Å². The highest BCUT2D eigenvalue weighted by atomic mass is 16.5. The van der Waals surface area contributed by atoms with Crippen molar-refractivity contribution in [2.45, 2.75) is 13.0 Å². The molecule has 0 radical (unpaired) electrons. The first-order valence-corrected chi connectivity index (χ1v) is 8.60. The fourth-order valence-electron chi connectivity index (χ4n) is 3.18. The summed E-state index contributed by atoms with van der Waals surface area (Å²) in [5, 5.41) is 0. The normalized spacial score (nSPS) is 17.0. The third-order valence-electron chi connectivity index (χ3n) is 4.36. The van der Waals surface area contributed by atoms with Gasteiger partial charge in [-0.2, -0.15) is 0 Å². The minimum absolute atomic E-state index is 0.0306. The molecule has 1 unspecified atom stereocenters. The number of likely N-dealkylation sites (tertiary alicyclic amines) is 1. The largest absolute Gasteiger partial charge is 0.468 e. The molecule has 0 N–H and O–H groups in total. The molecular weight excluding hydrogens is 316 g/mol. The van der Waals surface area contributed by atoms with Crippen LogP contribution < -0.4 is 4.74 Å². The standard InChI is InChI=1S/C19H24N4O2/c1-22(12-16-5-4-8-20-11-16)13-17-7-10-23(14-17)19(24)15-25-18-6-2-3-9-21-18/h2-6,8-9,11,17H,7,10,12-15H2,1H3. The van der Waals surface area contributed by atoms with Crippen molar-refractivity contribution in [1.82, 2.24) is 19.8 Å². The van der Waals surface area contributed by atoms with Gasteiger partial charge in [-0.1, -0.05) is 12.1 Å². The second-order valence-electron chi connectivity index (χ2n) is 6.51. The predicted molar refractivity (Wildman–Crippen MR) is 95.0 cm³/mol. The van der Waals surface area contributed by atoms with Crippen molar-refractivity contribution < 1.29 is 9.53 Å². The zero-order chi connectivity index (χ0) is 17.5. The molecule has 25 heavy (non-hydrogen) atoms. The van der Waals surface area contributed by atoms with Gasteiger partial charge in [-0.3, -0.25) is 9.78 Å². The number of carbonyl (C=O) groups excluding carboxylic acids is 1. The molecule has 3 heterocycles. The zero-order valence-electron chi connectivity index (χ0n) is 14.5. The fraction of sp³-hybridized carbons (Fsp3) is 0.421. The van der Waals surface area contributed by atoms with Crippen LogP contribution in [0.4, 0.5) is 0 Å². The maximum absolute atomic E-state index is 12.3. The molecule has 6 nitrogen and oxygen atoms in total. The van der Waals surface area contributed by atoms with E-state index in [0.717, 1.165) is 32.6 Å². The molecule has 3 rings (SSSR count). The van der Waals surface area contributed by atoms with Crippen molar-refractivity contribution in [3.63, 3.8) is 0 Å². The van der Waals surface area contributed by atoms with Crippen molar-refractivity contribution in [2.24, 2.45) is 5.92 Å². The summed E-state index contributed by atoms with van der Waals surface area (Å²) in [5.41, 5.74) is 1.21. The quantitative estimate of drug-likeness (QED) is 0.770. The summed E-state index contributed by atoms with van der Waals surface area (Å²) in [6.45, 7) is 3.49. The van der Waals surface area contributed by atoms with Gasteiger partial charge in [0.1, 0.15) is 0 Å². The molecule has 132 valence electrons. The van der Waals surface area contributed by atoms with Crippen molar-refractivity contribution in [3.05, 3.63) is 54.5 Å². The molecule has 2 aromatic rings. The first kappa shape index (κ1) is 17.4. The van der Waals surface area contributed by atoms with Gasteiger partial charge < -0.3 is 14.5 Å². The van der Waals surface area contributed by atoms with Gasteiger partial charge in [0.25, 0.3) is 5.91 Å². The van der Waals surface area contributed by atoms with Crippen LogP contribution in [0.15, 0.2) is 48.9 Å². The van der Waals surface area contributed by atoms with E-state index in [1.165, 1.54) is 5.56 Å². The Morgan fingerprint density at radius 1 is 1.32 bits per heavy atom. The van der Waals surface area contributed by atoms with E-state index in [9.17, 15) is 4.79 Å². The Labute approximate surface area is 148 Å². The maximum Gasteiger partial charge on any atom is 0.260 e. The second kappa shape index (κ2) is 8.58. The van der Waals surface area contributed by atoms with Crippen LogP contribution >= 0.6 is 0 Å². The van der Waals surface area contributed by atoms with E-state index in [2.05, 4.69) is 28.0 Å². The van der Waals surface area contributed by atoms with Gasteiger partial charge in [-0.25, -0.2) is 4.98 Å². The SMILES string of the molecule is CN(Cc1cccnc1)CC1CCN(C(=O)COc2ccccn2)C1. The lowest BCUT2D eigenvalue weighted by Crippen LogP contribution is -2.34. The smallest absolute Gasteiger partial charge is 0.260 e. The highest BCUT2D eigenvalue weighted by molar-refractivity contribution is 5.78. The summed E-state index contributed by atoms with van der Waals surface area (Å²) in [5.74, 6) is 1.02. The maximum atomic E-state index is 12.3. The molecule has 1 amide bonds. The Kier molecular flexibility index (Phi) is 5.95. The van der Waals surface area contributed by atoms with E-state index >= 15 is 0 Å². The van der Waals surface area contributed by atoms with Crippen LogP contribution in [0, 0.1) is 5.92 Å². The molecule has 1 saturated heterocycles. The van der Waals surface area contributed by atoms with Gasteiger partial charge in [-0.15, -0.1) is 0 Å². The molecule has 0 aliphatic carbocycles. The van der Waals surface area contributed by atoms with Gasteiger partial charge in [0.15, 0.2) is 6.61 Å². The van der Waals surface area contributed by atoms with E-state index < -0.39 is 0 Å². The predicted octanol–water partition coefficient (Wildman–Crippen LogP) is 1.84. The van der Waals surface area contributed by atoms with E-state index in [-0.39, 0.29) is 12.5 Å². The highest BCUT2D eigenvalue weighted by Crippen LogP contribution is 2.18. The molecule has 0 spiro atoms. The first-order valence-electron chi connectivity index (χ1n) is 8.60. The average Bonchev–Trinajstić information content (AvgIpc) is 3.10. The molecule has 2 aromatic heterocycles. The molecule has 0 bridgehead atoms. The Morgan fingerprint density at radius 2 is 2.24 bits per heavy atom. The Morgan fingerprint density at radius 3 is 3.00 bits per heavy atom. The number of nitrogens with zero attached hydrogens (tertiary/aromatic N) is 4. The number of amides is 1. The van der Waals surface area contributed by atoms with Crippen molar-refractivity contribution in [3.8, 4) is 5.88 Å². The Balaban J connectivity index is 1.41. The summed E-state index contributed by atoms with van der Waals surface area (Å²) in [6, 6.07) is 9.47. The van der Waals surface area contributed by atoms with Crippen LogP contribution in [0.3, 0.4) is 0 Å². The van der Waals surface area contributed by atoms with E-state index in [0.29, 0.717) is 11.8 Å². The van der Waals surface area contributed by atoms with Crippen LogP contribution in [0.1, 0.15) is 12.0 Å². The minimum atomic E-state index is 0.0306. The molecular formula is C19H24N4O2. The second-order valence-corrected chi connectivity index (χ2v) is 6.51. The lowest BCUT2D eigenvalue weighted by molar-refractivity contribution is -0.132. The Bertz CT molecular complexity index is 666. The number of pyridine rings is 2. The van der Waals surface area contributed by atoms with E-state index in [1.807, 2.05) is 29.3 Å². The van der Waals surface area contributed by atoms with Crippen LogP contribution in [-0.2, 0) is 11.3 Å². The first-order chi connectivity index (χ1) is 12.2. The van der Waals surface area contributed by atoms with Crippen molar-refractivity contribution >= 4 is 5.91 Å². The van der Waals surface area contributed by atoms with Crippen molar-refractivity contribution in [1.29, 1.82) is 0 Å². The average molecular weight is 340 g/mol.